The van der Waals surface area contributed by atoms with Crippen molar-refractivity contribution >= 4 is 35.2 Å². The lowest BCUT2D eigenvalue weighted by Crippen LogP contribution is -2.32. The van der Waals surface area contributed by atoms with Crippen LogP contribution in [0.4, 0.5) is 5.82 Å². The highest BCUT2D eigenvalue weighted by molar-refractivity contribution is 7.66. The van der Waals surface area contributed by atoms with Crippen molar-refractivity contribution < 1.29 is 65.8 Å². The topological polar surface area (TPSA) is 315 Å². The summed E-state index contributed by atoms with van der Waals surface area (Å²) in [5.74, 6) is 2.66. The number of nitrogens with two attached hydrogens (primary N) is 2. The molecule has 1 aliphatic rings. The SMILES string of the molecule is NCC(=O)NCCOCC#COC[C@@H]1CC[C@H](n2ccc(N)nc2=O)O1.O=P(O)(O)OP(=O)(O)OP(=O)(O)O. The third-order valence-corrected chi connectivity index (χ3v) is 7.36. The Bertz CT molecular complexity index is 1180. The molecule has 39 heavy (non-hydrogen) atoms. The maximum Gasteiger partial charge on any atom is 0.490 e. The summed E-state index contributed by atoms with van der Waals surface area (Å²) in [6.07, 6.45) is 5.03. The van der Waals surface area contributed by atoms with Gasteiger partial charge in [0, 0.05) is 12.7 Å². The quantitative estimate of drug-likeness (QED) is 0.0700. The second kappa shape index (κ2) is 16.2. The van der Waals surface area contributed by atoms with E-state index in [9.17, 15) is 23.3 Å². The maximum absolute atomic E-state index is 11.8. The minimum Gasteiger partial charge on any atom is -0.444 e. The van der Waals surface area contributed by atoms with Gasteiger partial charge in [-0.15, -0.1) is 0 Å². The first kappa shape index (κ1) is 34.8. The van der Waals surface area contributed by atoms with Gasteiger partial charge >= 0.3 is 29.2 Å². The van der Waals surface area contributed by atoms with Crippen molar-refractivity contribution in [3.8, 4) is 12.0 Å². The van der Waals surface area contributed by atoms with E-state index in [1.165, 1.54) is 4.57 Å². The van der Waals surface area contributed by atoms with E-state index >= 15 is 0 Å². The lowest BCUT2D eigenvalue weighted by molar-refractivity contribution is -0.119. The van der Waals surface area contributed by atoms with E-state index in [-0.39, 0.29) is 37.2 Å². The summed E-state index contributed by atoms with van der Waals surface area (Å²) < 4.78 is 54.0. The zero-order valence-corrected chi connectivity index (χ0v) is 22.7. The van der Waals surface area contributed by atoms with Gasteiger partial charge in [0.05, 0.1) is 19.3 Å². The number of nitrogen functional groups attached to an aromatic ring is 1. The molecule has 1 amide bonds. The van der Waals surface area contributed by atoms with Gasteiger partial charge < -0.3 is 55.5 Å². The van der Waals surface area contributed by atoms with Gasteiger partial charge in [0.15, 0.2) is 0 Å². The molecular weight excluding hydrogens is 595 g/mol. The molecule has 1 saturated heterocycles. The van der Waals surface area contributed by atoms with Crippen LogP contribution in [0.15, 0.2) is 17.1 Å². The van der Waals surface area contributed by atoms with Crippen LogP contribution in [0.1, 0.15) is 19.1 Å². The molecule has 10 N–H and O–H groups in total. The lowest BCUT2D eigenvalue weighted by Gasteiger charge is -2.14. The molecule has 2 heterocycles. The van der Waals surface area contributed by atoms with E-state index in [0.29, 0.717) is 26.2 Å². The number of phosphoric acid groups is 3. The van der Waals surface area contributed by atoms with Gasteiger partial charge in [-0.05, 0) is 24.8 Å². The van der Waals surface area contributed by atoms with Gasteiger partial charge in [0.25, 0.3) is 0 Å². The molecule has 0 radical (unpaired) electrons. The van der Waals surface area contributed by atoms with Gasteiger partial charge in [0.1, 0.15) is 31.4 Å². The molecule has 1 aromatic heterocycles. The number of nitrogens with one attached hydrogen (secondary N) is 1. The third-order valence-electron chi connectivity index (χ3n) is 4.01. The summed E-state index contributed by atoms with van der Waals surface area (Å²) in [4.78, 5) is 66.6. The Kier molecular flexibility index (Phi) is 14.4. The summed E-state index contributed by atoms with van der Waals surface area (Å²) in [6, 6.07) is 1.56. The fraction of sp³-hybridized carbons (Fsp3) is 0.562. The second-order valence-corrected chi connectivity index (χ2v) is 11.3. The predicted molar refractivity (Wildman–Crippen MR) is 129 cm³/mol. The molecule has 2 atom stereocenters. The number of rotatable bonds is 12. The van der Waals surface area contributed by atoms with E-state index < -0.39 is 29.2 Å². The van der Waals surface area contributed by atoms with Gasteiger partial charge in [0.2, 0.25) is 5.91 Å². The van der Waals surface area contributed by atoms with E-state index in [0.717, 1.165) is 6.42 Å². The number of ether oxygens (including phenoxy) is 3. The summed E-state index contributed by atoms with van der Waals surface area (Å²) >= 11 is 0. The average Bonchev–Trinajstić information content (AvgIpc) is 3.23. The molecule has 2 rings (SSSR count). The molecule has 1 aromatic rings. The largest absolute Gasteiger partial charge is 0.490 e. The second-order valence-electron chi connectivity index (χ2n) is 7.14. The van der Waals surface area contributed by atoms with Crippen LogP contribution >= 0.6 is 23.5 Å². The normalized spacial score (nSPS) is 17.4. The summed E-state index contributed by atoms with van der Waals surface area (Å²) in [5.41, 5.74) is 10.2. The lowest BCUT2D eigenvalue weighted by atomic mass is 10.2. The molecule has 1 fully saturated rings. The van der Waals surface area contributed by atoms with E-state index in [4.69, 9.17) is 50.1 Å². The first-order valence-corrected chi connectivity index (χ1v) is 15.1. The number of amides is 1. The number of carbonyl (C=O) groups excluding carboxylic acids is 1. The first-order chi connectivity index (χ1) is 18.0. The molecule has 23 heteroatoms. The zero-order valence-electron chi connectivity index (χ0n) is 20.0. The molecule has 222 valence electrons. The molecule has 0 spiro atoms. The molecule has 0 saturated carbocycles. The van der Waals surface area contributed by atoms with Crippen molar-refractivity contribution in [3.63, 3.8) is 0 Å². The molecular formula is C16H28N5O15P3. The van der Waals surface area contributed by atoms with Crippen molar-refractivity contribution in [1.82, 2.24) is 14.9 Å². The standard InChI is InChI=1S/C16H23N5O5.H5O10P3/c17-10-14(22)19-5-9-24-7-1-8-25-11-12-2-3-15(26-12)21-6-4-13(18)20-16(21)23;1-11(2,3)9-13(7,8)10-12(4,5)6/h4,6,12,15H,2-3,5,7,9-11,17H2,(H,19,22)(H2,18,20,23);(H,7,8)(H2,1,2,3)(H2,4,5,6)/t12-,15+;/m0./s1. The molecule has 20 nitrogen and oxygen atoms in total. The maximum atomic E-state index is 11.8. The van der Waals surface area contributed by atoms with Crippen LogP contribution in [0.3, 0.4) is 0 Å². The minimum absolute atomic E-state index is 0.0405. The smallest absolute Gasteiger partial charge is 0.444 e. The molecule has 0 aliphatic carbocycles. The zero-order chi connectivity index (χ0) is 29.7. The number of aromatic nitrogens is 2. The highest BCUT2D eigenvalue weighted by Crippen LogP contribution is 2.64. The minimum atomic E-state index is -5.46. The van der Waals surface area contributed by atoms with Gasteiger partial charge in [-0.3, -0.25) is 9.36 Å². The van der Waals surface area contributed by atoms with Crippen LogP contribution in [0.25, 0.3) is 0 Å². The Morgan fingerprint density at radius 2 is 1.82 bits per heavy atom. The van der Waals surface area contributed by atoms with Crippen LogP contribution in [-0.2, 0) is 41.3 Å². The van der Waals surface area contributed by atoms with Crippen LogP contribution in [0.5, 0.6) is 0 Å². The van der Waals surface area contributed by atoms with E-state index in [1.807, 2.05) is 0 Å². The first-order valence-electron chi connectivity index (χ1n) is 10.5. The summed E-state index contributed by atoms with van der Waals surface area (Å²) in [6.45, 7) is 1.18. The number of hydrogen-bond donors (Lipinski definition) is 8. The van der Waals surface area contributed by atoms with Crippen LogP contribution in [0.2, 0.25) is 0 Å². The Labute approximate surface area is 220 Å². The Morgan fingerprint density at radius 1 is 1.18 bits per heavy atom. The fourth-order valence-corrected chi connectivity index (χ4v) is 5.15. The van der Waals surface area contributed by atoms with Gasteiger partial charge in [-0.25, -0.2) is 18.5 Å². The molecule has 0 bridgehead atoms. The van der Waals surface area contributed by atoms with Crippen molar-refractivity contribution in [1.29, 1.82) is 0 Å². The number of hydrogen-bond acceptors (Lipinski definition) is 13. The van der Waals surface area contributed by atoms with Crippen molar-refractivity contribution in [2.24, 2.45) is 5.73 Å². The number of carbonyl (C=O) groups is 1. The molecule has 1 aliphatic heterocycles. The number of nitrogens with zero attached hydrogens (tertiary/aromatic N) is 2. The van der Waals surface area contributed by atoms with Crippen LogP contribution in [-0.4, -0.2) is 78.9 Å². The number of anilines is 1. The Morgan fingerprint density at radius 3 is 2.38 bits per heavy atom. The highest BCUT2D eigenvalue weighted by Gasteiger charge is 2.38. The predicted octanol–water partition coefficient (Wildman–Crippen LogP) is -2.12. The van der Waals surface area contributed by atoms with E-state index in [1.54, 1.807) is 12.3 Å². The molecule has 0 unspecified atom stereocenters. The van der Waals surface area contributed by atoms with Gasteiger partial charge in [-0.2, -0.15) is 13.6 Å². The van der Waals surface area contributed by atoms with Crippen molar-refractivity contribution in [2.75, 3.05) is 38.6 Å². The molecule has 0 aromatic carbocycles. The Balaban J connectivity index is 0.000000495. The fourth-order valence-electron chi connectivity index (χ4n) is 2.62. The monoisotopic (exact) mass is 623 g/mol. The Hall–Kier alpha value is -2.20. The van der Waals surface area contributed by atoms with E-state index in [2.05, 4.69) is 30.9 Å². The highest BCUT2D eigenvalue weighted by atomic mass is 31.3. The summed E-state index contributed by atoms with van der Waals surface area (Å²) in [5, 5.41) is 2.58. The van der Waals surface area contributed by atoms with Gasteiger partial charge in [-0.1, -0.05) is 0 Å². The van der Waals surface area contributed by atoms with Crippen molar-refractivity contribution in [2.45, 2.75) is 25.2 Å². The van der Waals surface area contributed by atoms with Crippen molar-refractivity contribution in [3.05, 3.63) is 22.7 Å². The van der Waals surface area contributed by atoms with Crippen LogP contribution < -0.4 is 22.5 Å². The average molecular weight is 623 g/mol. The van der Waals surface area contributed by atoms with Crippen LogP contribution in [0, 0.1) is 12.0 Å². The third kappa shape index (κ3) is 16.5. The summed E-state index contributed by atoms with van der Waals surface area (Å²) in [7, 11) is -16.2.